The number of hydrogen-bond acceptors (Lipinski definition) is 7. The van der Waals surface area contributed by atoms with Gasteiger partial charge in [0.25, 0.3) is 5.56 Å². The fourth-order valence-corrected chi connectivity index (χ4v) is 4.83. The van der Waals surface area contributed by atoms with Gasteiger partial charge in [0.05, 0.1) is 36.1 Å². The van der Waals surface area contributed by atoms with E-state index in [9.17, 15) is 9.59 Å². The van der Waals surface area contributed by atoms with Gasteiger partial charge in [-0.3, -0.25) is 9.36 Å². The molecular formula is C26H24N2O5S. The van der Waals surface area contributed by atoms with Crippen LogP contribution in [-0.2, 0) is 9.53 Å². The SMILES string of the molecule is C=CCOC(=O)C1=C(C)N=c2s/c(=C\c3cccc(OC)c3)c(=O)n2C1c1ccc(OC)cc1. The minimum absolute atomic E-state index is 0.0607. The van der Waals surface area contributed by atoms with Crippen molar-refractivity contribution in [3.8, 4) is 11.5 Å². The summed E-state index contributed by atoms with van der Waals surface area (Å²) in [5, 5.41) is 0. The molecule has 174 valence electrons. The Bertz CT molecular complexity index is 1450. The van der Waals surface area contributed by atoms with E-state index >= 15 is 0 Å². The van der Waals surface area contributed by atoms with E-state index < -0.39 is 12.0 Å². The molecule has 1 aromatic heterocycles. The molecule has 0 bridgehead atoms. The summed E-state index contributed by atoms with van der Waals surface area (Å²) >= 11 is 1.27. The number of fused-ring (bicyclic) bond motifs is 1. The minimum Gasteiger partial charge on any atom is -0.497 e. The van der Waals surface area contributed by atoms with Gasteiger partial charge in [-0.25, -0.2) is 9.79 Å². The maximum absolute atomic E-state index is 13.6. The molecule has 4 rings (SSSR count). The Labute approximate surface area is 200 Å². The molecule has 34 heavy (non-hydrogen) atoms. The van der Waals surface area contributed by atoms with Gasteiger partial charge in [0.15, 0.2) is 4.80 Å². The van der Waals surface area contributed by atoms with Crippen LogP contribution in [0.4, 0.5) is 0 Å². The van der Waals surface area contributed by atoms with Crippen molar-refractivity contribution >= 4 is 23.4 Å². The normalized spacial score (nSPS) is 15.4. The number of ether oxygens (including phenoxy) is 3. The molecule has 1 aliphatic rings. The van der Waals surface area contributed by atoms with Gasteiger partial charge in [0.1, 0.15) is 18.1 Å². The summed E-state index contributed by atoms with van der Waals surface area (Å²) in [6, 6.07) is 14.0. The third-order valence-corrected chi connectivity index (χ3v) is 6.38. The fraction of sp³-hybridized carbons (Fsp3) is 0.192. The van der Waals surface area contributed by atoms with E-state index in [0.29, 0.717) is 32.1 Å². The van der Waals surface area contributed by atoms with Gasteiger partial charge < -0.3 is 14.2 Å². The van der Waals surface area contributed by atoms with Crippen molar-refractivity contribution in [2.45, 2.75) is 13.0 Å². The first kappa shape index (κ1) is 23.3. The molecule has 0 N–H and O–H groups in total. The van der Waals surface area contributed by atoms with Crippen molar-refractivity contribution < 1.29 is 19.0 Å². The molecule has 0 radical (unpaired) electrons. The second-order valence-corrected chi connectivity index (χ2v) is 8.53. The number of thiazole rings is 1. The third kappa shape index (κ3) is 4.45. The lowest BCUT2D eigenvalue weighted by molar-refractivity contribution is -0.138. The topological polar surface area (TPSA) is 79.1 Å². The van der Waals surface area contributed by atoms with E-state index in [1.807, 2.05) is 36.4 Å². The number of rotatable bonds is 7. The van der Waals surface area contributed by atoms with Crippen molar-refractivity contribution in [1.29, 1.82) is 0 Å². The second kappa shape index (κ2) is 9.93. The van der Waals surface area contributed by atoms with Crippen LogP contribution in [0, 0.1) is 0 Å². The highest BCUT2D eigenvalue weighted by Gasteiger charge is 2.33. The number of benzene rings is 2. The molecule has 1 unspecified atom stereocenters. The second-order valence-electron chi connectivity index (χ2n) is 7.52. The highest BCUT2D eigenvalue weighted by Crippen LogP contribution is 2.31. The van der Waals surface area contributed by atoms with Gasteiger partial charge in [0.2, 0.25) is 0 Å². The highest BCUT2D eigenvalue weighted by atomic mass is 32.1. The zero-order valence-electron chi connectivity index (χ0n) is 19.1. The molecule has 1 atom stereocenters. The molecule has 0 saturated heterocycles. The van der Waals surface area contributed by atoms with Gasteiger partial charge >= 0.3 is 5.97 Å². The van der Waals surface area contributed by atoms with Crippen molar-refractivity contribution in [2.75, 3.05) is 20.8 Å². The summed E-state index contributed by atoms with van der Waals surface area (Å²) in [5.74, 6) is 0.829. The van der Waals surface area contributed by atoms with Crippen LogP contribution >= 0.6 is 11.3 Å². The molecular weight excluding hydrogens is 452 g/mol. The number of methoxy groups -OCH3 is 2. The smallest absolute Gasteiger partial charge is 0.338 e. The maximum atomic E-state index is 13.6. The molecule has 2 aromatic carbocycles. The van der Waals surface area contributed by atoms with Gasteiger partial charge in [-0.05, 0) is 48.4 Å². The Balaban J connectivity index is 1.91. The van der Waals surface area contributed by atoms with Crippen molar-refractivity contribution in [2.24, 2.45) is 4.99 Å². The van der Waals surface area contributed by atoms with Crippen LogP contribution < -0.4 is 24.4 Å². The molecule has 1 aliphatic heterocycles. The molecule has 0 aliphatic carbocycles. The monoisotopic (exact) mass is 476 g/mol. The van der Waals surface area contributed by atoms with Crippen LogP contribution in [0.2, 0.25) is 0 Å². The van der Waals surface area contributed by atoms with Crippen LogP contribution in [0.3, 0.4) is 0 Å². The summed E-state index contributed by atoms with van der Waals surface area (Å²) in [6.07, 6.45) is 3.30. The Morgan fingerprint density at radius 2 is 1.88 bits per heavy atom. The third-order valence-electron chi connectivity index (χ3n) is 5.40. The number of hydrogen-bond donors (Lipinski definition) is 0. The van der Waals surface area contributed by atoms with Gasteiger partial charge in [-0.2, -0.15) is 0 Å². The Morgan fingerprint density at radius 1 is 1.15 bits per heavy atom. The standard InChI is InChI=1S/C26H24N2O5S/c1-5-13-33-25(30)22-16(2)27-26-28(23(22)18-9-11-19(31-3)12-10-18)24(29)21(34-26)15-17-7-6-8-20(14-17)32-4/h5-12,14-15,23H,1,13H2,2-4H3/b21-15-. The molecule has 0 fully saturated rings. The lowest BCUT2D eigenvalue weighted by Gasteiger charge is -2.24. The highest BCUT2D eigenvalue weighted by molar-refractivity contribution is 7.07. The summed E-state index contributed by atoms with van der Waals surface area (Å²) in [7, 11) is 3.18. The summed E-state index contributed by atoms with van der Waals surface area (Å²) in [6.45, 7) is 5.41. The van der Waals surface area contributed by atoms with E-state index in [2.05, 4.69) is 11.6 Å². The van der Waals surface area contributed by atoms with Gasteiger partial charge in [0, 0.05) is 0 Å². The summed E-state index contributed by atoms with van der Waals surface area (Å²) in [4.78, 5) is 31.7. The van der Waals surface area contributed by atoms with E-state index in [4.69, 9.17) is 14.2 Å². The zero-order valence-corrected chi connectivity index (χ0v) is 19.9. The lowest BCUT2D eigenvalue weighted by Crippen LogP contribution is -2.39. The Hall–Kier alpha value is -3.91. The minimum atomic E-state index is -0.688. The summed E-state index contributed by atoms with van der Waals surface area (Å²) in [5.41, 5.74) is 2.15. The van der Waals surface area contributed by atoms with Crippen molar-refractivity contribution in [1.82, 2.24) is 4.57 Å². The Kier molecular flexibility index (Phi) is 6.79. The van der Waals surface area contributed by atoms with Gasteiger partial charge in [-0.15, -0.1) is 0 Å². The number of carbonyl (C=O) groups excluding carboxylic acids is 1. The first-order chi connectivity index (χ1) is 16.5. The fourth-order valence-electron chi connectivity index (χ4n) is 3.78. The number of nitrogens with zero attached hydrogens (tertiary/aromatic N) is 2. The molecule has 8 heteroatoms. The zero-order chi connectivity index (χ0) is 24.2. The predicted molar refractivity (Wildman–Crippen MR) is 131 cm³/mol. The van der Waals surface area contributed by atoms with Crippen molar-refractivity contribution in [3.05, 3.63) is 103 Å². The molecule has 0 spiro atoms. The number of allylic oxidation sites excluding steroid dienone is 1. The average Bonchev–Trinajstić information content (AvgIpc) is 3.16. The van der Waals surface area contributed by atoms with Gasteiger partial charge in [-0.1, -0.05) is 48.3 Å². The Morgan fingerprint density at radius 3 is 2.56 bits per heavy atom. The lowest BCUT2D eigenvalue weighted by atomic mass is 9.96. The summed E-state index contributed by atoms with van der Waals surface area (Å²) < 4.78 is 18.0. The van der Waals surface area contributed by atoms with E-state index in [1.54, 1.807) is 43.9 Å². The van der Waals surface area contributed by atoms with Crippen LogP contribution in [-0.4, -0.2) is 31.4 Å². The predicted octanol–water partition coefficient (Wildman–Crippen LogP) is 2.98. The number of carbonyl (C=O) groups is 1. The molecule has 2 heterocycles. The molecule has 0 saturated carbocycles. The van der Waals surface area contributed by atoms with E-state index in [1.165, 1.54) is 17.4 Å². The molecule has 0 amide bonds. The first-order valence-electron chi connectivity index (χ1n) is 10.6. The maximum Gasteiger partial charge on any atom is 0.338 e. The van der Waals surface area contributed by atoms with E-state index in [0.717, 1.165) is 11.1 Å². The van der Waals surface area contributed by atoms with Crippen LogP contribution in [0.1, 0.15) is 24.1 Å². The quantitative estimate of drug-likeness (QED) is 0.387. The largest absolute Gasteiger partial charge is 0.497 e. The average molecular weight is 477 g/mol. The van der Waals surface area contributed by atoms with Crippen LogP contribution in [0.15, 0.2) is 82.2 Å². The number of esters is 1. The van der Waals surface area contributed by atoms with E-state index in [-0.39, 0.29) is 12.2 Å². The van der Waals surface area contributed by atoms with Crippen LogP contribution in [0.5, 0.6) is 11.5 Å². The molecule has 3 aromatic rings. The first-order valence-corrected chi connectivity index (χ1v) is 11.4. The molecule has 7 nitrogen and oxygen atoms in total. The van der Waals surface area contributed by atoms with Crippen LogP contribution in [0.25, 0.3) is 6.08 Å². The number of aromatic nitrogens is 1. The van der Waals surface area contributed by atoms with Crippen molar-refractivity contribution in [3.63, 3.8) is 0 Å².